The van der Waals surface area contributed by atoms with Gasteiger partial charge in [-0.25, -0.2) is 4.79 Å². The van der Waals surface area contributed by atoms with E-state index in [9.17, 15) is 14.7 Å². The number of rotatable bonds is 7. The molecule has 5 rings (SSSR count). The molecule has 0 unspecified atom stereocenters. The summed E-state index contributed by atoms with van der Waals surface area (Å²) in [7, 11) is 0. The van der Waals surface area contributed by atoms with Crippen molar-refractivity contribution in [3.05, 3.63) is 103 Å². The van der Waals surface area contributed by atoms with Gasteiger partial charge in [0.15, 0.2) is 0 Å². The summed E-state index contributed by atoms with van der Waals surface area (Å²) in [5, 5.41) is 14.8. The van der Waals surface area contributed by atoms with Gasteiger partial charge < -0.3 is 14.4 Å². The summed E-state index contributed by atoms with van der Waals surface area (Å²) >= 11 is 19.3. The number of carbonyl (C=O) groups is 2. The van der Waals surface area contributed by atoms with E-state index in [1.807, 2.05) is 0 Å². The summed E-state index contributed by atoms with van der Waals surface area (Å²) < 4.78 is 11.7. The molecule has 0 amide bonds. The second kappa shape index (κ2) is 10.9. The van der Waals surface area contributed by atoms with Gasteiger partial charge in [0.1, 0.15) is 30.1 Å². The van der Waals surface area contributed by atoms with Crippen molar-refractivity contribution in [1.29, 1.82) is 0 Å². The number of aromatic nitrogens is 1. The average molecular weight is 567 g/mol. The Bertz CT molecular complexity index is 1610. The second-order valence-electron chi connectivity index (χ2n) is 8.69. The van der Waals surface area contributed by atoms with Crippen molar-refractivity contribution < 1.29 is 24.0 Å². The van der Waals surface area contributed by atoms with Gasteiger partial charge in [0.2, 0.25) is 0 Å². The van der Waals surface area contributed by atoms with Crippen molar-refractivity contribution in [2.24, 2.45) is 0 Å². The Labute approximate surface area is 233 Å². The summed E-state index contributed by atoms with van der Waals surface area (Å²) in [6.45, 7) is 0.171. The molecule has 1 N–H and O–H groups in total. The molecule has 0 spiro atoms. The molecular formula is C29H18Cl3NO5. The van der Waals surface area contributed by atoms with Crippen LogP contribution in [0.15, 0.2) is 59.1 Å². The van der Waals surface area contributed by atoms with Crippen LogP contribution < -0.4 is 4.74 Å². The van der Waals surface area contributed by atoms with Crippen molar-refractivity contribution >= 4 is 47.1 Å². The van der Waals surface area contributed by atoms with Crippen molar-refractivity contribution in [3.63, 3.8) is 0 Å². The Morgan fingerprint density at radius 1 is 1.05 bits per heavy atom. The average Bonchev–Trinajstić information content (AvgIpc) is 3.66. The summed E-state index contributed by atoms with van der Waals surface area (Å²) in [5.74, 6) is 6.20. The van der Waals surface area contributed by atoms with E-state index in [1.54, 1.807) is 36.4 Å². The lowest BCUT2D eigenvalue weighted by Gasteiger charge is -2.10. The standard InChI is InChI=1S/C29H18Cl3NO5/c30-23-2-1-3-24(31)26(23)27-22(28(38-33-27)19-6-7-19)15-37-21-9-8-18(25(32)13-21)5-4-16-10-17(14-34)12-20(11-16)29(35)36/h1-3,8-14,19H,6-7,15H2,(H,35,36). The lowest BCUT2D eigenvalue weighted by atomic mass is 10.0. The number of carbonyl (C=O) groups excluding carboxylic acids is 1. The first kappa shape index (κ1) is 25.9. The van der Waals surface area contributed by atoms with E-state index in [-0.39, 0.29) is 23.7 Å². The zero-order valence-electron chi connectivity index (χ0n) is 19.6. The first-order valence-corrected chi connectivity index (χ1v) is 12.7. The Morgan fingerprint density at radius 2 is 1.82 bits per heavy atom. The van der Waals surface area contributed by atoms with Gasteiger partial charge in [-0.2, -0.15) is 0 Å². The van der Waals surface area contributed by atoms with Gasteiger partial charge in [0.25, 0.3) is 0 Å². The molecule has 4 aromatic rings. The smallest absolute Gasteiger partial charge is 0.335 e. The molecule has 190 valence electrons. The van der Waals surface area contributed by atoms with E-state index in [2.05, 4.69) is 17.0 Å². The SMILES string of the molecule is O=Cc1cc(C#Cc2ccc(OCc3c(-c4c(Cl)cccc4Cl)noc3C3CC3)cc2Cl)cc(C(=O)O)c1. The molecular weight excluding hydrogens is 549 g/mol. The highest BCUT2D eigenvalue weighted by atomic mass is 35.5. The summed E-state index contributed by atoms with van der Waals surface area (Å²) in [4.78, 5) is 22.5. The highest BCUT2D eigenvalue weighted by molar-refractivity contribution is 6.39. The molecule has 0 bridgehead atoms. The van der Waals surface area contributed by atoms with Crippen LogP contribution in [0, 0.1) is 11.8 Å². The highest BCUT2D eigenvalue weighted by Gasteiger charge is 2.33. The number of hydrogen-bond acceptors (Lipinski definition) is 5. The first-order chi connectivity index (χ1) is 18.3. The quantitative estimate of drug-likeness (QED) is 0.182. The van der Waals surface area contributed by atoms with E-state index >= 15 is 0 Å². The monoisotopic (exact) mass is 565 g/mol. The fourth-order valence-electron chi connectivity index (χ4n) is 3.95. The third-order valence-electron chi connectivity index (χ3n) is 5.97. The lowest BCUT2D eigenvalue weighted by molar-refractivity contribution is 0.0697. The third kappa shape index (κ3) is 5.56. The van der Waals surface area contributed by atoms with Gasteiger partial charge in [-0.15, -0.1) is 0 Å². The number of carboxylic acid groups (broad SMARTS) is 1. The summed E-state index contributed by atoms with van der Waals surface area (Å²) in [5.41, 5.74) is 3.03. The van der Waals surface area contributed by atoms with Crippen molar-refractivity contribution in [1.82, 2.24) is 5.16 Å². The number of halogens is 3. The molecule has 1 aromatic heterocycles. The maximum Gasteiger partial charge on any atom is 0.335 e. The topological polar surface area (TPSA) is 89.6 Å². The van der Waals surface area contributed by atoms with Crippen molar-refractivity contribution in [2.45, 2.75) is 25.4 Å². The van der Waals surface area contributed by atoms with Gasteiger partial charge in [-0.1, -0.05) is 57.9 Å². The predicted molar refractivity (Wildman–Crippen MR) is 144 cm³/mol. The van der Waals surface area contributed by atoms with E-state index < -0.39 is 5.97 Å². The third-order valence-corrected chi connectivity index (χ3v) is 6.91. The zero-order chi connectivity index (χ0) is 26.8. The Balaban J connectivity index is 1.38. The minimum absolute atomic E-state index is 0.0227. The number of nitrogens with zero attached hydrogens (tertiary/aromatic N) is 1. The van der Waals surface area contributed by atoms with Crippen molar-refractivity contribution in [3.8, 4) is 28.8 Å². The van der Waals surface area contributed by atoms with E-state index in [4.69, 9.17) is 44.1 Å². The lowest BCUT2D eigenvalue weighted by Crippen LogP contribution is -2.00. The molecule has 0 saturated heterocycles. The molecule has 1 fully saturated rings. The minimum atomic E-state index is -1.14. The van der Waals surface area contributed by atoms with Crippen LogP contribution in [0.4, 0.5) is 0 Å². The van der Waals surface area contributed by atoms with Crippen molar-refractivity contribution in [2.75, 3.05) is 0 Å². The number of ether oxygens (including phenoxy) is 1. The van der Waals surface area contributed by atoms with Gasteiger partial charge in [-0.3, -0.25) is 4.79 Å². The molecule has 1 heterocycles. The molecule has 3 aromatic carbocycles. The van der Waals surface area contributed by atoms with Crippen LogP contribution in [0.2, 0.25) is 15.1 Å². The largest absolute Gasteiger partial charge is 0.489 e. The zero-order valence-corrected chi connectivity index (χ0v) is 21.9. The Morgan fingerprint density at radius 3 is 2.47 bits per heavy atom. The summed E-state index contributed by atoms with van der Waals surface area (Å²) in [6.07, 6.45) is 2.60. The van der Waals surface area contributed by atoms with E-state index in [0.29, 0.717) is 49.5 Å². The molecule has 1 aliphatic rings. The fraction of sp³-hybridized carbons (Fsp3) is 0.138. The van der Waals surface area contributed by atoms with Crippen LogP contribution >= 0.6 is 34.8 Å². The fourth-order valence-corrected chi connectivity index (χ4v) is 4.74. The van der Waals surface area contributed by atoms with Crippen LogP contribution in [0.3, 0.4) is 0 Å². The molecule has 0 atom stereocenters. The molecule has 1 aliphatic carbocycles. The van der Waals surface area contributed by atoms with E-state index in [0.717, 1.165) is 24.2 Å². The number of carboxylic acids is 1. The summed E-state index contributed by atoms with van der Waals surface area (Å²) in [6, 6.07) is 14.5. The predicted octanol–water partition coefficient (Wildman–Crippen LogP) is 7.67. The molecule has 0 aliphatic heterocycles. The number of aldehydes is 1. The first-order valence-electron chi connectivity index (χ1n) is 11.5. The highest BCUT2D eigenvalue weighted by Crippen LogP contribution is 2.46. The number of hydrogen-bond donors (Lipinski definition) is 1. The van der Waals surface area contributed by atoms with E-state index in [1.165, 1.54) is 18.2 Å². The van der Waals surface area contributed by atoms with Gasteiger partial charge in [0.05, 0.1) is 26.2 Å². The molecule has 6 nitrogen and oxygen atoms in total. The minimum Gasteiger partial charge on any atom is -0.489 e. The van der Waals surface area contributed by atoms with Gasteiger partial charge >= 0.3 is 5.97 Å². The molecule has 9 heteroatoms. The normalized spacial score (nSPS) is 12.5. The van der Waals surface area contributed by atoms with Crippen LogP contribution in [-0.2, 0) is 6.61 Å². The molecule has 1 saturated carbocycles. The van der Waals surface area contributed by atoms with Crippen LogP contribution in [-0.4, -0.2) is 22.5 Å². The number of aromatic carboxylic acids is 1. The molecule has 38 heavy (non-hydrogen) atoms. The molecule has 0 radical (unpaired) electrons. The maximum absolute atomic E-state index is 11.3. The van der Waals surface area contributed by atoms with Crippen LogP contribution in [0.25, 0.3) is 11.3 Å². The maximum atomic E-state index is 11.3. The van der Waals surface area contributed by atoms with Gasteiger partial charge in [0, 0.05) is 34.2 Å². The Hall–Kier alpha value is -3.76. The van der Waals surface area contributed by atoms with Crippen LogP contribution in [0.5, 0.6) is 5.75 Å². The Kier molecular flexibility index (Phi) is 7.44. The second-order valence-corrected chi connectivity index (χ2v) is 9.91. The van der Waals surface area contributed by atoms with Gasteiger partial charge in [-0.05, 0) is 55.3 Å². The number of benzene rings is 3. The van der Waals surface area contributed by atoms with Crippen LogP contribution in [0.1, 0.15) is 61.9 Å².